The number of carbonyl (C=O) groups excluding carboxylic acids is 1. The van der Waals surface area contributed by atoms with Crippen molar-refractivity contribution < 1.29 is 15.0 Å². The molecule has 0 saturated carbocycles. The van der Waals surface area contributed by atoms with Gasteiger partial charge in [0.25, 0.3) is 0 Å². The summed E-state index contributed by atoms with van der Waals surface area (Å²) in [5.41, 5.74) is 1.53. The second-order valence-electron chi connectivity index (χ2n) is 11.5. The van der Waals surface area contributed by atoms with E-state index in [0.717, 1.165) is 55.6 Å². The zero-order chi connectivity index (χ0) is 25.8. The standard InChI is InChI=1S/C32H41NO3/c1-31(2,3)28-17-16-24(23-30(28)35)29(34)15-10-20-33-21-18-27(19-22-33)32(36,25-11-6-4-7-12-25)26-13-8-5-9-14-26/h4-9,11-14,16-17,23,27-29,34,36H,10,15,18-22H2,1-3H3. The third-order valence-corrected chi connectivity index (χ3v) is 7.97. The van der Waals surface area contributed by atoms with Crippen LogP contribution in [0.5, 0.6) is 0 Å². The molecule has 1 aliphatic carbocycles. The average molecular weight is 488 g/mol. The fourth-order valence-corrected chi connectivity index (χ4v) is 5.80. The Hall–Kier alpha value is -2.53. The first-order chi connectivity index (χ1) is 17.2. The minimum atomic E-state index is -0.998. The number of nitrogens with zero attached hydrogens (tertiary/aromatic N) is 1. The Balaban J connectivity index is 1.31. The van der Waals surface area contributed by atoms with Crippen LogP contribution in [0.2, 0.25) is 0 Å². The Bertz CT molecular complexity index is 1020. The molecule has 4 nitrogen and oxygen atoms in total. The van der Waals surface area contributed by atoms with Crippen LogP contribution >= 0.6 is 0 Å². The van der Waals surface area contributed by atoms with E-state index in [1.807, 2.05) is 72.8 Å². The molecule has 4 heteroatoms. The zero-order valence-corrected chi connectivity index (χ0v) is 21.9. The van der Waals surface area contributed by atoms with Gasteiger partial charge in [0.15, 0.2) is 5.78 Å². The molecule has 4 rings (SSSR count). The Morgan fingerprint density at radius 1 is 0.944 bits per heavy atom. The van der Waals surface area contributed by atoms with Gasteiger partial charge in [0.2, 0.25) is 0 Å². The molecule has 1 fully saturated rings. The van der Waals surface area contributed by atoms with Crippen molar-refractivity contribution in [3.8, 4) is 0 Å². The molecule has 0 aromatic heterocycles. The van der Waals surface area contributed by atoms with E-state index >= 15 is 0 Å². The number of rotatable bonds is 8. The summed E-state index contributed by atoms with van der Waals surface area (Å²) in [5.74, 6) is 0.106. The van der Waals surface area contributed by atoms with Crippen LogP contribution in [0.4, 0.5) is 0 Å². The summed E-state index contributed by atoms with van der Waals surface area (Å²) in [6.45, 7) is 8.97. The Morgan fingerprint density at radius 2 is 1.50 bits per heavy atom. The number of piperidine rings is 1. The van der Waals surface area contributed by atoms with Gasteiger partial charge in [0.1, 0.15) is 5.60 Å². The summed E-state index contributed by atoms with van der Waals surface area (Å²) < 4.78 is 0. The van der Waals surface area contributed by atoms with Gasteiger partial charge in [-0.1, -0.05) is 93.6 Å². The van der Waals surface area contributed by atoms with Crippen LogP contribution in [0.15, 0.2) is 84.5 Å². The highest BCUT2D eigenvalue weighted by Crippen LogP contribution is 2.42. The third kappa shape index (κ3) is 5.88. The van der Waals surface area contributed by atoms with Crippen LogP contribution in [0.3, 0.4) is 0 Å². The number of hydrogen-bond donors (Lipinski definition) is 2. The van der Waals surface area contributed by atoms with Crippen LogP contribution in [-0.4, -0.2) is 46.6 Å². The first kappa shape index (κ1) is 26.5. The van der Waals surface area contributed by atoms with E-state index in [1.165, 1.54) is 0 Å². The molecule has 1 heterocycles. The average Bonchev–Trinajstić information content (AvgIpc) is 2.89. The quantitative estimate of drug-likeness (QED) is 0.516. The number of likely N-dealkylation sites (tertiary alicyclic amines) is 1. The van der Waals surface area contributed by atoms with Crippen molar-refractivity contribution >= 4 is 5.78 Å². The minimum absolute atomic E-state index is 0.0884. The first-order valence-corrected chi connectivity index (χ1v) is 13.4. The molecule has 2 atom stereocenters. The summed E-state index contributed by atoms with van der Waals surface area (Å²) in [6.07, 6.45) is 8.26. The van der Waals surface area contributed by atoms with Gasteiger partial charge in [-0.05, 0) is 79.4 Å². The lowest BCUT2D eigenvalue weighted by Gasteiger charge is -2.42. The van der Waals surface area contributed by atoms with Crippen LogP contribution in [0.25, 0.3) is 0 Å². The number of carbonyl (C=O) groups is 1. The minimum Gasteiger partial charge on any atom is -0.388 e. The molecule has 36 heavy (non-hydrogen) atoms. The number of ketones is 1. The summed E-state index contributed by atoms with van der Waals surface area (Å²) >= 11 is 0. The van der Waals surface area contributed by atoms with Crippen molar-refractivity contribution in [1.82, 2.24) is 4.90 Å². The van der Waals surface area contributed by atoms with Gasteiger partial charge in [0, 0.05) is 5.92 Å². The summed E-state index contributed by atoms with van der Waals surface area (Å²) in [6, 6.07) is 20.1. The number of allylic oxidation sites excluding steroid dienone is 2. The van der Waals surface area contributed by atoms with Gasteiger partial charge < -0.3 is 15.1 Å². The van der Waals surface area contributed by atoms with Crippen molar-refractivity contribution in [2.75, 3.05) is 19.6 Å². The van der Waals surface area contributed by atoms with Gasteiger partial charge in [0.05, 0.1) is 6.10 Å². The molecular formula is C32H41NO3. The first-order valence-electron chi connectivity index (χ1n) is 13.4. The molecule has 2 unspecified atom stereocenters. The lowest BCUT2D eigenvalue weighted by molar-refractivity contribution is -0.119. The smallest absolute Gasteiger partial charge is 0.163 e. The SMILES string of the molecule is CC(C)(C)C1C=CC(C(O)CCCN2CCC(C(O)(c3ccccc3)c3ccccc3)CC2)=CC1=O. The van der Waals surface area contributed by atoms with E-state index in [0.29, 0.717) is 6.42 Å². The number of aliphatic hydroxyl groups excluding tert-OH is 1. The maximum atomic E-state index is 12.5. The van der Waals surface area contributed by atoms with Crippen LogP contribution in [0, 0.1) is 17.3 Å². The van der Waals surface area contributed by atoms with Crippen LogP contribution in [0.1, 0.15) is 57.6 Å². The van der Waals surface area contributed by atoms with Gasteiger partial charge in [-0.3, -0.25) is 4.79 Å². The van der Waals surface area contributed by atoms with Crippen molar-refractivity contribution in [2.45, 2.75) is 58.2 Å². The van der Waals surface area contributed by atoms with Crippen molar-refractivity contribution in [3.05, 3.63) is 95.6 Å². The Labute approximate surface area is 216 Å². The largest absolute Gasteiger partial charge is 0.388 e. The summed E-state index contributed by atoms with van der Waals surface area (Å²) in [7, 11) is 0. The van der Waals surface area contributed by atoms with Crippen LogP contribution < -0.4 is 0 Å². The summed E-state index contributed by atoms with van der Waals surface area (Å²) in [4.78, 5) is 15.0. The van der Waals surface area contributed by atoms with Gasteiger partial charge in [-0.15, -0.1) is 0 Å². The molecule has 1 aliphatic heterocycles. The highest BCUT2D eigenvalue weighted by atomic mass is 16.3. The summed E-state index contributed by atoms with van der Waals surface area (Å²) in [5, 5.41) is 22.7. The highest BCUT2D eigenvalue weighted by molar-refractivity contribution is 5.96. The Kier molecular flexibility index (Phi) is 8.29. The fourth-order valence-electron chi connectivity index (χ4n) is 5.80. The van der Waals surface area contributed by atoms with Crippen molar-refractivity contribution in [1.29, 1.82) is 0 Å². The predicted octanol–water partition coefficient (Wildman–Crippen LogP) is 5.50. The molecule has 2 aromatic rings. The molecule has 0 spiro atoms. The van der Waals surface area contributed by atoms with Gasteiger partial charge in [-0.25, -0.2) is 0 Å². The maximum absolute atomic E-state index is 12.5. The van der Waals surface area contributed by atoms with Gasteiger partial charge >= 0.3 is 0 Å². The van der Waals surface area contributed by atoms with E-state index in [2.05, 4.69) is 25.7 Å². The Morgan fingerprint density at radius 3 is 2.00 bits per heavy atom. The maximum Gasteiger partial charge on any atom is 0.163 e. The number of aliphatic hydroxyl groups is 2. The van der Waals surface area contributed by atoms with E-state index in [9.17, 15) is 15.0 Å². The van der Waals surface area contributed by atoms with Gasteiger partial charge in [-0.2, -0.15) is 0 Å². The second-order valence-corrected chi connectivity index (χ2v) is 11.5. The fraction of sp³-hybridized carbons (Fsp3) is 0.469. The topological polar surface area (TPSA) is 60.8 Å². The van der Waals surface area contributed by atoms with E-state index in [-0.39, 0.29) is 23.0 Å². The monoisotopic (exact) mass is 487 g/mol. The van der Waals surface area contributed by atoms with E-state index < -0.39 is 11.7 Å². The van der Waals surface area contributed by atoms with E-state index in [1.54, 1.807) is 6.08 Å². The molecule has 1 saturated heterocycles. The normalized spacial score (nSPS) is 20.9. The lowest BCUT2D eigenvalue weighted by atomic mass is 9.72. The van der Waals surface area contributed by atoms with E-state index in [4.69, 9.17) is 0 Å². The molecule has 2 aliphatic rings. The van der Waals surface area contributed by atoms with Crippen molar-refractivity contribution in [3.63, 3.8) is 0 Å². The van der Waals surface area contributed by atoms with Crippen LogP contribution in [-0.2, 0) is 10.4 Å². The number of benzene rings is 2. The van der Waals surface area contributed by atoms with Crippen molar-refractivity contribution in [2.24, 2.45) is 17.3 Å². The molecule has 192 valence electrons. The lowest BCUT2D eigenvalue weighted by Crippen LogP contribution is -2.44. The zero-order valence-electron chi connectivity index (χ0n) is 21.9. The molecule has 2 aromatic carbocycles. The molecule has 0 radical (unpaired) electrons. The molecular weight excluding hydrogens is 446 g/mol. The second kappa shape index (κ2) is 11.2. The molecule has 0 bridgehead atoms. The third-order valence-electron chi connectivity index (χ3n) is 7.97. The highest BCUT2D eigenvalue weighted by Gasteiger charge is 2.41. The number of hydrogen-bond acceptors (Lipinski definition) is 4. The predicted molar refractivity (Wildman–Crippen MR) is 145 cm³/mol. The molecule has 2 N–H and O–H groups in total. The molecule has 0 amide bonds.